The number of rotatable bonds is 1. The lowest BCUT2D eigenvalue weighted by molar-refractivity contribution is 0.140. The Hall–Kier alpha value is -0.770. The Bertz CT molecular complexity index is 223. The van der Waals surface area contributed by atoms with Crippen LogP contribution in [-0.4, -0.2) is 41.8 Å². The van der Waals surface area contributed by atoms with Crippen molar-refractivity contribution in [3.63, 3.8) is 0 Å². The summed E-state index contributed by atoms with van der Waals surface area (Å²) in [7, 11) is 1.64. The van der Waals surface area contributed by atoms with Crippen LogP contribution in [0, 0.1) is 5.41 Å². The van der Waals surface area contributed by atoms with Crippen molar-refractivity contribution in [3.05, 3.63) is 0 Å². The highest BCUT2D eigenvalue weighted by Gasteiger charge is 2.35. The maximum absolute atomic E-state index is 10.7. The highest BCUT2D eigenvalue weighted by molar-refractivity contribution is 5.65. The molecule has 0 spiro atoms. The molecule has 0 bridgehead atoms. The van der Waals surface area contributed by atoms with Crippen LogP contribution in [0.1, 0.15) is 27.2 Å². The monoisotopic (exact) mass is 200 g/mol. The van der Waals surface area contributed by atoms with Crippen LogP contribution < -0.4 is 5.32 Å². The molecule has 1 aliphatic heterocycles. The third kappa shape index (κ3) is 2.38. The first kappa shape index (κ1) is 11.3. The molecule has 0 aliphatic carbocycles. The molecule has 4 nitrogen and oxygen atoms in total. The summed E-state index contributed by atoms with van der Waals surface area (Å²) in [5.74, 6) is 0. The molecule has 2 unspecified atom stereocenters. The van der Waals surface area contributed by atoms with Crippen molar-refractivity contribution in [1.29, 1.82) is 0 Å². The number of carbonyl (C=O) groups is 1. The minimum absolute atomic E-state index is 0.122. The number of nitrogens with one attached hydrogen (secondary N) is 1. The zero-order chi connectivity index (χ0) is 10.9. The molecule has 4 heteroatoms. The minimum Gasteiger partial charge on any atom is -0.465 e. The predicted molar refractivity (Wildman–Crippen MR) is 55.4 cm³/mol. The summed E-state index contributed by atoms with van der Waals surface area (Å²) in [6.07, 6.45) is 0.0677. The lowest BCUT2D eigenvalue weighted by Gasteiger charge is -2.27. The third-order valence-electron chi connectivity index (χ3n) is 3.00. The van der Waals surface area contributed by atoms with Gasteiger partial charge < -0.3 is 15.3 Å². The lowest BCUT2D eigenvalue weighted by atomic mass is 9.85. The first-order valence-corrected chi connectivity index (χ1v) is 5.01. The fourth-order valence-corrected chi connectivity index (χ4v) is 1.83. The van der Waals surface area contributed by atoms with Crippen molar-refractivity contribution < 1.29 is 9.90 Å². The van der Waals surface area contributed by atoms with Gasteiger partial charge in [-0.25, -0.2) is 4.79 Å². The largest absolute Gasteiger partial charge is 0.465 e. The van der Waals surface area contributed by atoms with Crippen molar-refractivity contribution in [3.8, 4) is 0 Å². The molecule has 2 N–H and O–H groups in total. The fourth-order valence-electron chi connectivity index (χ4n) is 1.83. The van der Waals surface area contributed by atoms with Gasteiger partial charge in [-0.2, -0.15) is 0 Å². The second kappa shape index (κ2) is 3.77. The summed E-state index contributed by atoms with van der Waals surface area (Å²) in [6, 6.07) is 0.533. The SMILES string of the molecule is CN(C(=O)O)C1CNC(C(C)(C)C)C1. The van der Waals surface area contributed by atoms with E-state index in [1.807, 2.05) is 0 Å². The quantitative estimate of drug-likeness (QED) is 0.672. The molecular formula is C10H20N2O2. The second-order valence-electron chi connectivity index (χ2n) is 5.11. The number of hydrogen-bond donors (Lipinski definition) is 2. The summed E-state index contributed by atoms with van der Waals surface area (Å²) < 4.78 is 0. The summed E-state index contributed by atoms with van der Waals surface area (Å²) in [5, 5.41) is 12.2. The van der Waals surface area contributed by atoms with Crippen LogP contribution in [0.3, 0.4) is 0 Å². The molecular weight excluding hydrogens is 180 g/mol. The van der Waals surface area contributed by atoms with E-state index in [0.717, 1.165) is 13.0 Å². The highest BCUT2D eigenvalue weighted by atomic mass is 16.4. The van der Waals surface area contributed by atoms with E-state index in [1.165, 1.54) is 4.90 Å². The maximum Gasteiger partial charge on any atom is 0.407 e. The normalized spacial score (nSPS) is 27.7. The fraction of sp³-hybridized carbons (Fsp3) is 0.900. The first-order valence-electron chi connectivity index (χ1n) is 5.01. The van der Waals surface area contributed by atoms with Crippen molar-refractivity contribution >= 4 is 6.09 Å². The Kier molecular flexibility index (Phi) is 3.04. The summed E-state index contributed by atoms with van der Waals surface area (Å²) in [4.78, 5) is 12.1. The lowest BCUT2D eigenvalue weighted by Crippen LogP contribution is -2.37. The van der Waals surface area contributed by atoms with Crippen molar-refractivity contribution in [2.45, 2.75) is 39.3 Å². The molecule has 1 amide bonds. The van der Waals surface area contributed by atoms with Crippen LogP contribution in [0.25, 0.3) is 0 Å². The van der Waals surface area contributed by atoms with Crippen LogP contribution in [0.15, 0.2) is 0 Å². The Labute approximate surface area is 85.3 Å². The topological polar surface area (TPSA) is 52.6 Å². The highest BCUT2D eigenvalue weighted by Crippen LogP contribution is 2.27. The molecule has 2 atom stereocenters. The second-order valence-corrected chi connectivity index (χ2v) is 5.11. The standard InChI is InChI=1S/C10H20N2O2/c1-10(2,3)8-5-7(6-11-8)12(4)9(13)14/h7-8,11H,5-6H2,1-4H3,(H,13,14). The van der Waals surface area contributed by atoms with Crippen molar-refractivity contribution in [2.24, 2.45) is 5.41 Å². The Morgan fingerprint density at radius 1 is 1.50 bits per heavy atom. The Balaban J connectivity index is 2.53. The molecule has 82 valence electrons. The summed E-state index contributed by atoms with van der Waals surface area (Å²) in [5.41, 5.74) is 0.202. The molecule has 0 aromatic heterocycles. The summed E-state index contributed by atoms with van der Waals surface area (Å²) in [6.45, 7) is 7.29. The van der Waals surface area contributed by atoms with Crippen LogP contribution in [0.4, 0.5) is 4.79 Å². The van der Waals surface area contributed by atoms with Gasteiger partial charge in [-0.3, -0.25) is 0 Å². The number of hydrogen-bond acceptors (Lipinski definition) is 2. The number of likely N-dealkylation sites (N-methyl/N-ethyl adjacent to an activating group) is 1. The average molecular weight is 200 g/mol. The number of amides is 1. The molecule has 0 saturated carbocycles. The molecule has 1 fully saturated rings. The van der Waals surface area contributed by atoms with Gasteiger partial charge in [-0.15, -0.1) is 0 Å². The first-order chi connectivity index (χ1) is 6.32. The van der Waals surface area contributed by atoms with Gasteiger partial charge in [0, 0.05) is 25.7 Å². The molecule has 1 heterocycles. The molecule has 0 aromatic carbocycles. The molecule has 1 saturated heterocycles. The van der Waals surface area contributed by atoms with Gasteiger partial charge in [0.2, 0.25) is 0 Å². The van der Waals surface area contributed by atoms with E-state index < -0.39 is 6.09 Å². The molecule has 0 aromatic rings. The van der Waals surface area contributed by atoms with E-state index in [-0.39, 0.29) is 11.5 Å². The van der Waals surface area contributed by atoms with Crippen LogP contribution in [-0.2, 0) is 0 Å². The van der Waals surface area contributed by atoms with E-state index in [0.29, 0.717) is 6.04 Å². The molecule has 0 radical (unpaired) electrons. The zero-order valence-corrected chi connectivity index (χ0v) is 9.37. The van der Waals surface area contributed by atoms with Gasteiger partial charge >= 0.3 is 6.09 Å². The van der Waals surface area contributed by atoms with Crippen LogP contribution in [0.2, 0.25) is 0 Å². The van der Waals surface area contributed by atoms with E-state index in [2.05, 4.69) is 26.1 Å². The third-order valence-corrected chi connectivity index (χ3v) is 3.00. The zero-order valence-electron chi connectivity index (χ0n) is 9.37. The van der Waals surface area contributed by atoms with Gasteiger partial charge in [0.05, 0.1) is 0 Å². The predicted octanol–water partition coefficient (Wildman–Crippen LogP) is 1.37. The minimum atomic E-state index is -0.841. The Morgan fingerprint density at radius 3 is 2.43 bits per heavy atom. The van der Waals surface area contributed by atoms with Crippen LogP contribution >= 0.6 is 0 Å². The van der Waals surface area contributed by atoms with Crippen molar-refractivity contribution in [1.82, 2.24) is 10.2 Å². The summed E-state index contributed by atoms with van der Waals surface area (Å²) >= 11 is 0. The van der Waals surface area contributed by atoms with E-state index in [9.17, 15) is 4.79 Å². The average Bonchev–Trinajstić information content (AvgIpc) is 2.49. The van der Waals surface area contributed by atoms with Gasteiger partial charge in [0.15, 0.2) is 0 Å². The van der Waals surface area contributed by atoms with Gasteiger partial charge in [0.25, 0.3) is 0 Å². The van der Waals surface area contributed by atoms with Crippen LogP contribution in [0.5, 0.6) is 0 Å². The van der Waals surface area contributed by atoms with Gasteiger partial charge in [-0.05, 0) is 11.8 Å². The molecule has 14 heavy (non-hydrogen) atoms. The smallest absolute Gasteiger partial charge is 0.407 e. The number of nitrogens with zero attached hydrogens (tertiary/aromatic N) is 1. The molecule has 1 rings (SSSR count). The van der Waals surface area contributed by atoms with Crippen molar-refractivity contribution in [2.75, 3.05) is 13.6 Å². The molecule has 1 aliphatic rings. The van der Waals surface area contributed by atoms with E-state index in [4.69, 9.17) is 5.11 Å². The van der Waals surface area contributed by atoms with Gasteiger partial charge in [-0.1, -0.05) is 20.8 Å². The van der Waals surface area contributed by atoms with E-state index in [1.54, 1.807) is 7.05 Å². The number of carboxylic acid groups (broad SMARTS) is 1. The van der Waals surface area contributed by atoms with E-state index >= 15 is 0 Å². The Morgan fingerprint density at radius 2 is 2.07 bits per heavy atom. The maximum atomic E-state index is 10.7. The van der Waals surface area contributed by atoms with Gasteiger partial charge in [0.1, 0.15) is 0 Å².